The Labute approximate surface area is 113 Å². The summed E-state index contributed by atoms with van der Waals surface area (Å²) in [6, 6.07) is 8.58. The van der Waals surface area contributed by atoms with E-state index in [9.17, 15) is 8.42 Å². The number of allylic oxidation sites excluding steroid dienone is 1. The minimum Gasteiger partial charge on any atom is -0.381 e. The second-order valence-corrected chi connectivity index (χ2v) is 6.27. The van der Waals surface area contributed by atoms with Gasteiger partial charge in [-0.25, -0.2) is 8.42 Å². The van der Waals surface area contributed by atoms with Crippen LogP contribution in [-0.2, 0) is 14.6 Å². The van der Waals surface area contributed by atoms with E-state index in [4.69, 9.17) is 10.00 Å². The molecule has 2 rings (SSSR count). The molecule has 1 fully saturated rings. The first-order valence-corrected chi connectivity index (χ1v) is 7.67. The van der Waals surface area contributed by atoms with Crippen molar-refractivity contribution in [3.63, 3.8) is 0 Å². The molecule has 4 nitrogen and oxygen atoms in total. The third kappa shape index (κ3) is 3.43. The van der Waals surface area contributed by atoms with Gasteiger partial charge in [-0.1, -0.05) is 12.1 Å². The van der Waals surface area contributed by atoms with Crippen molar-refractivity contribution in [3.8, 4) is 6.07 Å². The number of rotatable bonds is 3. The topological polar surface area (TPSA) is 67.2 Å². The largest absolute Gasteiger partial charge is 0.381 e. The highest BCUT2D eigenvalue weighted by molar-refractivity contribution is 7.94. The van der Waals surface area contributed by atoms with Crippen molar-refractivity contribution in [2.24, 2.45) is 0 Å². The molecule has 0 spiro atoms. The van der Waals surface area contributed by atoms with Crippen LogP contribution in [0.2, 0.25) is 0 Å². The van der Waals surface area contributed by atoms with Crippen LogP contribution in [-0.4, -0.2) is 21.6 Å². The zero-order chi connectivity index (χ0) is 13.7. The van der Waals surface area contributed by atoms with Crippen LogP contribution >= 0.6 is 0 Å². The molecule has 5 heteroatoms. The molecule has 0 aromatic heterocycles. The van der Waals surface area contributed by atoms with Gasteiger partial charge in [-0.3, -0.25) is 0 Å². The van der Waals surface area contributed by atoms with Crippen molar-refractivity contribution in [1.82, 2.24) is 0 Å². The van der Waals surface area contributed by atoms with Crippen LogP contribution in [0.4, 0.5) is 0 Å². The van der Waals surface area contributed by atoms with Crippen molar-refractivity contribution in [2.45, 2.75) is 23.7 Å². The van der Waals surface area contributed by atoms with Crippen LogP contribution in [0.1, 0.15) is 24.3 Å². The second-order valence-electron chi connectivity index (χ2n) is 4.43. The zero-order valence-corrected chi connectivity index (χ0v) is 11.3. The highest BCUT2D eigenvalue weighted by Crippen LogP contribution is 2.27. The predicted octanol–water partition coefficient (Wildman–Crippen LogP) is 2.39. The van der Waals surface area contributed by atoms with Crippen molar-refractivity contribution >= 4 is 9.84 Å². The van der Waals surface area contributed by atoms with E-state index >= 15 is 0 Å². The standard InChI is InChI=1S/C14H15NO3S/c15-8-1-11-19(16,17)14-4-2-12(3-5-14)13-6-9-18-10-7-13/h1-5,11,13H,6-7,9-10H2/b11-1+. The lowest BCUT2D eigenvalue weighted by Crippen LogP contribution is -2.14. The molecule has 0 radical (unpaired) electrons. The van der Waals surface area contributed by atoms with E-state index in [0.717, 1.165) is 43.1 Å². The number of ether oxygens (including phenoxy) is 1. The number of sulfone groups is 1. The molecular formula is C14H15NO3S. The van der Waals surface area contributed by atoms with Crippen molar-refractivity contribution in [1.29, 1.82) is 5.26 Å². The lowest BCUT2D eigenvalue weighted by atomic mass is 9.92. The van der Waals surface area contributed by atoms with Gasteiger partial charge in [0.1, 0.15) is 0 Å². The monoisotopic (exact) mass is 277 g/mol. The molecule has 1 saturated heterocycles. The van der Waals surface area contributed by atoms with Gasteiger partial charge in [0, 0.05) is 24.7 Å². The molecule has 1 aromatic carbocycles. The van der Waals surface area contributed by atoms with Crippen LogP contribution < -0.4 is 0 Å². The van der Waals surface area contributed by atoms with Gasteiger partial charge in [0.2, 0.25) is 9.84 Å². The first-order valence-electron chi connectivity index (χ1n) is 6.12. The van der Waals surface area contributed by atoms with Gasteiger partial charge in [0.05, 0.1) is 11.0 Å². The smallest absolute Gasteiger partial charge is 0.200 e. The van der Waals surface area contributed by atoms with E-state index in [1.54, 1.807) is 18.2 Å². The van der Waals surface area contributed by atoms with Crippen molar-refractivity contribution in [2.75, 3.05) is 13.2 Å². The normalized spacial score (nSPS) is 17.4. The number of hydrogen-bond acceptors (Lipinski definition) is 4. The average Bonchev–Trinajstić information content (AvgIpc) is 2.46. The lowest BCUT2D eigenvalue weighted by Gasteiger charge is -2.22. The minimum atomic E-state index is -3.50. The molecule has 0 saturated carbocycles. The Morgan fingerprint density at radius 1 is 1.21 bits per heavy atom. The highest BCUT2D eigenvalue weighted by atomic mass is 32.2. The fraction of sp³-hybridized carbons (Fsp3) is 0.357. The van der Waals surface area contributed by atoms with Gasteiger partial charge < -0.3 is 4.74 Å². The first kappa shape index (κ1) is 13.8. The molecular weight excluding hydrogens is 262 g/mol. The summed E-state index contributed by atoms with van der Waals surface area (Å²) in [5.41, 5.74) is 1.14. The summed E-state index contributed by atoms with van der Waals surface area (Å²) in [5, 5.41) is 9.30. The molecule has 0 bridgehead atoms. The maximum absolute atomic E-state index is 11.8. The number of nitriles is 1. The predicted molar refractivity (Wildman–Crippen MR) is 71.2 cm³/mol. The number of nitrogens with zero attached hydrogens (tertiary/aromatic N) is 1. The molecule has 1 aliphatic heterocycles. The zero-order valence-electron chi connectivity index (χ0n) is 10.5. The fourth-order valence-electron chi connectivity index (χ4n) is 2.16. The molecule has 100 valence electrons. The third-order valence-corrected chi connectivity index (χ3v) is 4.65. The molecule has 19 heavy (non-hydrogen) atoms. The highest BCUT2D eigenvalue weighted by Gasteiger charge is 2.17. The van der Waals surface area contributed by atoms with Gasteiger partial charge in [0.15, 0.2) is 0 Å². The second kappa shape index (κ2) is 6.00. The van der Waals surface area contributed by atoms with Crippen LogP contribution in [0, 0.1) is 11.3 Å². The van der Waals surface area contributed by atoms with Gasteiger partial charge in [-0.05, 0) is 36.5 Å². The summed E-state index contributed by atoms with van der Waals surface area (Å²) in [7, 11) is -3.50. The van der Waals surface area contributed by atoms with E-state index in [1.807, 2.05) is 12.1 Å². The molecule has 0 aliphatic carbocycles. The Bertz CT molecular complexity index is 591. The van der Waals surface area contributed by atoms with E-state index < -0.39 is 9.84 Å². The summed E-state index contributed by atoms with van der Waals surface area (Å²) in [6.45, 7) is 1.52. The summed E-state index contributed by atoms with van der Waals surface area (Å²) < 4.78 is 28.9. The Kier molecular flexibility index (Phi) is 4.35. The summed E-state index contributed by atoms with van der Waals surface area (Å²) in [4.78, 5) is 0.217. The third-order valence-electron chi connectivity index (χ3n) is 3.22. The Morgan fingerprint density at radius 3 is 2.42 bits per heavy atom. The van der Waals surface area contributed by atoms with Gasteiger partial charge in [0.25, 0.3) is 0 Å². The maximum Gasteiger partial charge on any atom is 0.200 e. The van der Waals surface area contributed by atoms with E-state index in [2.05, 4.69) is 0 Å². The van der Waals surface area contributed by atoms with Gasteiger partial charge >= 0.3 is 0 Å². The maximum atomic E-state index is 11.8. The molecule has 1 aromatic rings. The van der Waals surface area contributed by atoms with Gasteiger partial charge in [-0.2, -0.15) is 5.26 Å². The van der Waals surface area contributed by atoms with E-state index in [-0.39, 0.29) is 4.90 Å². The first-order chi connectivity index (χ1) is 9.13. The Balaban J connectivity index is 2.19. The van der Waals surface area contributed by atoms with Crippen LogP contribution in [0.5, 0.6) is 0 Å². The molecule has 1 aliphatic rings. The van der Waals surface area contributed by atoms with E-state index in [1.165, 1.54) is 0 Å². The number of hydrogen-bond donors (Lipinski definition) is 0. The number of benzene rings is 1. The molecule has 0 unspecified atom stereocenters. The quantitative estimate of drug-likeness (QED) is 0.796. The summed E-state index contributed by atoms with van der Waals surface area (Å²) in [5.74, 6) is 0.445. The van der Waals surface area contributed by atoms with E-state index in [0.29, 0.717) is 5.92 Å². The Hall–Kier alpha value is -1.64. The average molecular weight is 277 g/mol. The van der Waals surface area contributed by atoms with Crippen LogP contribution in [0.15, 0.2) is 40.6 Å². The molecule has 1 heterocycles. The summed E-state index contributed by atoms with van der Waals surface area (Å²) in [6.07, 6.45) is 2.92. The lowest BCUT2D eigenvalue weighted by molar-refractivity contribution is 0.0853. The van der Waals surface area contributed by atoms with Crippen LogP contribution in [0.25, 0.3) is 0 Å². The SMILES string of the molecule is N#C/C=C/S(=O)(=O)c1ccc(C2CCOCC2)cc1. The summed E-state index contributed by atoms with van der Waals surface area (Å²) >= 11 is 0. The molecule has 0 atom stereocenters. The van der Waals surface area contributed by atoms with Crippen molar-refractivity contribution in [3.05, 3.63) is 41.3 Å². The van der Waals surface area contributed by atoms with Crippen molar-refractivity contribution < 1.29 is 13.2 Å². The Morgan fingerprint density at radius 2 is 1.84 bits per heavy atom. The van der Waals surface area contributed by atoms with Crippen LogP contribution in [0.3, 0.4) is 0 Å². The van der Waals surface area contributed by atoms with Gasteiger partial charge in [-0.15, -0.1) is 0 Å². The molecule has 0 amide bonds. The minimum absolute atomic E-state index is 0.217. The molecule has 0 N–H and O–H groups in total. The fourth-order valence-corrected chi connectivity index (χ4v) is 3.07.